The van der Waals surface area contributed by atoms with Crippen LogP contribution in [0.1, 0.15) is 16.2 Å². The fourth-order valence-corrected chi connectivity index (χ4v) is 2.81. The van der Waals surface area contributed by atoms with Crippen LogP contribution in [0.3, 0.4) is 0 Å². The van der Waals surface area contributed by atoms with E-state index >= 15 is 0 Å². The standard InChI is InChI=1S/C18H18N4O4S/c1-22(27(2,24)25)15-10-8-14(9-11-15)18(23)19-12-16-20-17(21-26-16)13-6-4-3-5-7-13/h3-11H,12H2,1-2H3,(H,19,23). The van der Waals surface area contributed by atoms with Gasteiger partial charge in [0.15, 0.2) is 0 Å². The average Bonchev–Trinajstić information content (AvgIpc) is 3.15. The van der Waals surface area contributed by atoms with Gasteiger partial charge in [0.1, 0.15) is 0 Å². The van der Waals surface area contributed by atoms with Crippen molar-refractivity contribution in [2.24, 2.45) is 0 Å². The van der Waals surface area contributed by atoms with E-state index in [0.29, 0.717) is 17.1 Å². The Bertz CT molecular complexity index is 1030. The predicted molar refractivity (Wildman–Crippen MR) is 101 cm³/mol. The van der Waals surface area contributed by atoms with Crippen molar-refractivity contribution in [1.29, 1.82) is 0 Å². The number of carbonyl (C=O) groups excluding carboxylic acids is 1. The maximum atomic E-state index is 12.2. The monoisotopic (exact) mass is 386 g/mol. The Morgan fingerprint density at radius 1 is 1.11 bits per heavy atom. The highest BCUT2D eigenvalue weighted by Gasteiger charge is 2.14. The second-order valence-corrected chi connectivity index (χ2v) is 7.85. The summed E-state index contributed by atoms with van der Waals surface area (Å²) in [4.78, 5) is 16.5. The molecular formula is C18H18N4O4S. The summed E-state index contributed by atoms with van der Waals surface area (Å²) in [7, 11) is -1.90. The quantitative estimate of drug-likeness (QED) is 0.695. The van der Waals surface area contributed by atoms with E-state index in [0.717, 1.165) is 16.1 Å². The second kappa shape index (κ2) is 7.58. The van der Waals surface area contributed by atoms with E-state index in [1.54, 1.807) is 24.3 Å². The molecule has 0 aliphatic carbocycles. The molecule has 1 heterocycles. The molecule has 0 fully saturated rings. The molecule has 8 nitrogen and oxygen atoms in total. The van der Waals surface area contributed by atoms with Gasteiger partial charge in [0.25, 0.3) is 5.91 Å². The average molecular weight is 386 g/mol. The SMILES string of the molecule is CN(c1ccc(C(=O)NCc2nc(-c3ccccc3)no2)cc1)S(C)(=O)=O. The smallest absolute Gasteiger partial charge is 0.251 e. The minimum absolute atomic E-state index is 0.0870. The van der Waals surface area contributed by atoms with Crippen LogP contribution in [-0.4, -0.2) is 37.8 Å². The van der Waals surface area contributed by atoms with Crippen LogP contribution in [0, 0.1) is 0 Å². The van der Waals surface area contributed by atoms with Gasteiger partial charge >= 0.3 is 0 Å². The molecule has 3 rings (SSSR count). The summed E-state index contributed by atoms with van der Waals surface area (Å²) in [5.74, 6) is 0.409. The van der Waals surface area contributed by atoms with Crippen LogP contribution in [0.4, 0.5) is 5.69 Å². The molecule has 0 radical (unpaired) electrons. The summed E-state index contributed by atoms with van der Waals surface area (Å²) in [5, 5.41) is 6.58. The topological polar surface area (TPSA) is 105 Å². The predicted octanol–water partition coefficient (Wildman–Crippen LogP) is 2.06. The van der Waals surface area contributed by atoms with Crippen LogP contribution in [-0.2, 0) is 16.6 Å². The van der Waals surface area contributed by atoms with Crippen molar-refractivity contribution in [3.63, 3.8) is 0 Å². The third-order valence-corrected chi connectivity index (χ3v) is 5.10. The first-order valence-electron chi connectivity index (χ1n) is 8.05. The zero-order valence-electron chi connectivity index (χ0n) is 14.8. The number of rotatable bonds is 6. The molecular weight excluding hydrogens is 368 g/mol. The maximum Gasteiger partial charge on any atom is 0.251 e. The molecule has 140 valence electrons. The van der Waals surface area contributed by atoms with Gasteiger partial charge in [-0.3, -0.25) is 9.10 Å². The lowest BCUT2D eigenvalue weighted by atomic mass is 10.2. The van der Waals surface area contributed by atoms with Crippen molar-refractivity contribution in [3.05, 3.63) is 66.1 Å². The lowest BCUT2D eigenvalue weighted by molar-refractivity contribution is 0.0946. The summed E-state index contributed by atoms with van der Waals surface area (Å²) >= 11 is 0. The minimum Gasteiger partial charge on any atom is -0.343 e. The number of nitrogens with zero attached hydrogens (tertiary/aromatic N) is 3. The Hall–Kier alpha value is -3.20. The summed E-state index contributed by atoms with van der Waals surface area (Å²) in [5.41, 5.74) is 1.69. The molecule has 1 N–H and O–H groups in total. The van der Waals surface area contributed by atoms with E-state index in [2.05, 4.69) is 15.5 Å². The summed E-state index contributed by atoms with van der Waals surface area (Å²) in [6.45, 7) is 0.0870. The van der Waals surface area contributed by atoms with Gasteiger partial charge in [-0.25, -0.2) is 8.42 Å². The molecule has 1 aromatic heterocycles. The van der Waals surface area contributed by atoms with Gasteiger partial charge in [-0.1, -0.05) is 35.5 Å². The molecule has 0 atom stereocenters. The van der Waals surface area contributed by atoms with Crippen LogP contribution >= 0.6 is 0 Å². The number of hydrogen-bond acceptors (Lipinski definition) is 6. The van der Waals surface area contributed by atoms with Gasteiger partial charge in [0, 0.05) is 18.2 Å². The summed E-state index contributed by atoms with van der Waals surface area (Å²) in [6.07, 6.45) is 1.11. The third-order valence-electron chi connectivity index (χ3n) is 3.89. The van der Waals surface area contributed by atoms with Gasteiger partial charge in [-0.2, -0.15) is 4.98 Å². The van der Waals surface area contributed by atoms with Gasteiger partial charge < -0.3 is 9.84 Å². The number of amides is 1. The minimum atomic E-state index is -3.35. The fraction of sp³-hybridized carbons (Fsp3) is 0.167. The van der Waals surface area contributed by atoms with Crippen LogP contribution in [0.15, 0.2) is 59.1 Å². The highest BCUT2D eigenvalue weighted by atomic mass is 32.2. The number of hydrogen-bond donors (Lipinski definition) is 1. The van der Waals surface area contributed by atoms with Crippen LogP contribution in [0.5, 0.6) is 0 Å². The van der Waals surface area contributed by atoms with Crippen LogP contribution in [0.2, 0.25) is 0 Å². The van der Waals surface area contributed by atoms with Crippen molar-refractivity contribution in [3.8, 4) is 11.4 Å². The molecule has 0 aliphatic rings. The maximum absolute atomic E-state index is 12.2. The Kier molecular flexibility index (Phi) is 5.22. The molecule has 27 heavy (non-hydrogen) atoms. The number of carbonyl (C=O) groups is 1. The van der Waals surface area contributed by atoms with E-state index in [1.165, 1.54) is 7.05 Å². The number of nitrogens with one attached hydrogen (secondary N) is 1. The highest BCUT2D eigenvalue weighted by Crippen LogP contribution is 2.17. The lowest BCUT2D eigenvalue weighted by Crippen LogP contribution is -2.25. The third kappa shape index (κ3) is 4.50. The number of anilines is 1. The van der Waals surface area contributed by atoms with Crippen molar-refractivity contribution >= 4 is 21.6 Å². The molecule has 0 bridgehead atoms. The first-order chi connectivity index (χ1) is 12.8. The van der Waals surface area contributed by atoms with E-state index in [4.69, 9.17) is 4.52 Å². The van der Waals surface area contributed by atoms with Crippen molar-refractivity contribution < 1.29 is 17.7 Å². The summed E-state index contributed by atoms with van der Waals surface area (Å²) in [6, 6.07) is 15.6. The highest BCUT2D eigenvalue weighted by molar-refractivity contribution is 7.92. The van der Waals surface area contributed by atoms with Crippen molar-refractivity contribution in [2.45, 2.75) is 6.54 Å². The summed E-state index contributed by atoms with van der Waals surface area (Å²) < 4.78 is 29.4. The van der Waals surface area contributed by atoms with Gasteiger partial charge in [-0.15, -0.1) is 0 Å². The van der Waals surface area contributed by atoms with Gasteiger partial charge in [0.05, 0.1) is 18.5 Å². The molecule has 0 unspecified atom stereocenters. The Labute approximate surface area is 156 Å². The van der Waals surface area contributed by atoms with E-state index in [-0.39, 0.29) is 18.3 Å². The molecule has 1 amide bonds. The first kappa shape index (κ1) is 18.6. The van der Waals surface area contributed by atoms with E-state index in [9.17, 15) is 13.2 Å². The molecule has 9 heteroatoms. The lowest BCUT2D eigenvalue weighted by Gasteiger charge is -2.16. The Balaban J connectivity index is 1.62. The van der Waals surface area contributed by atoms with Crippen molar-refractivity contribution in [2.75, 3.05) is 17.6 Å². The Morgan fingerprint density at radius 2 is 1.78 bits per heavy atom. The zero-order valence-corrected chi connectivity index (χ0v) is 15.6. The number of sulfonamides is 1. The molecule has 2 aromatic carbocycles. The van der Waals surface area contributed by atoms with Crippen LogP contribution < -0.4 is 9.62 Å². The first-order valence-corrected chi connectivity index (χ1v) is 9.89. The van der Waals surface area contributed by atoms with E-state index in [1.807, 2.05) is 30.3 Å². The molecule has 0 saturated carbocycles. The Morgan fingerprint density at radius 3 is 2.41 bits per heavy atom. The molecule has 0 spiro atoms. The molecule has 3 aromatic rings. The largest absolute Gasteiger partial charge is 0.343 e. The van der Waals surface area contributed by atoms with Crippen LogP contribution in [0.25, 0.3) is 11.4 Å². The molecule has 0 saturated heterocycles. The van der Waals surface area contributed by atoms with Crippen molar-refractivity contribution in [1.82, 2.24) is 15.5 Å². The van der Waals surface area contributed by atoms with Gasteiger partial charge in [0.2, 0.25) is 21.7 Å². The number of benzene rings is 2. The van der Waals surface area contributed by atoms with Gasteiger partial charge in [-0.05, 0) is 24.3 Å². The number of aromatic nitrogens is 2. The van der Waals surface area contributed by atoms with E-state index < -0.39 is 10.0 Å². The zero-order chi connectivity index (χ0) is 19.4. The normalized spacial score (nSPS) is 11.2. The molecule has 0 aliphatic heterocycles. The fourth-order valence-electron chi connectivity index (χ4n) is 2.30. The second-order valence-electron chi connectivity index (χ2n) is 5.84.